The van der Waals surface area contributed by atoms with Crippen LogP contribution < -0.4 is 5.32 Å². The van der Waals surface area contributed by atoms with Crippen molar-refractivity contribution in [3.63, 3.8) is 0 Å². The van der Waals surface area contributed by atoms with E-state index >= 15 is 0 Å². The highest BCUT2D eigenvalue weighted by Crippen LogP contribution is 2.67. The minimum Gasteiger partial charge on any atom is -0.480 e. The normalized spacial score (nSPS) is 40.1. The zero-order chi connectivity index (χ0) is 31.3. The zero-order valence-corrected chi connectivity index (χ0v) is 25.8. The molecule has 10 nitrogen and oxygen atoms in total. The van der Waals surface area contributed by atoms with Crippen molar-refractivity contribution in [1.29, 1.82) is 0 Å². The number of allylic oxidation sites excluding steroid dienone is 2. The van der Waals surface area contributed by atoms with Gasteiger partial charge in [0.1, 0.15) is 17.7 Å². The monoisotopic (exact) mass is 597 g/mol. The number of aliphatic hydroxyl groups is 2. The van der Waals surface area contributed by atoms with E-state index in [2.05, 4.69) is 36.3 Å². The third-order valence-corrected chi connectivity index (χ3v) is 11.8. The Hall–Kier alpha value is -2.90. The predicted octanol–water partition coefficient (Wildman–Crippen LogP) is 2.87. The Labute approximate surface area is 254 Å². The lowest BCUT2D eigenvalue weighted by atomic mass is 9.46. The van der Waals surface area contributed by atoms with Crippen molar-refractivity contribution >= 4 is 23.5 Å². The Morgan fingerprint density at radius 1 is 1.16 bits per heavy atom. The molecule has 4 fully saturated rings. The average molecular weight is 598 g/mol. The summed E-state index contributed by atoms with van der Waals surface area (Å²) in [7, 11) is 0. The van der Waals surface area contributed by atoms with Crippen LogP contribution in [-0.4, -0.2) is 80.7 Å². The number of likely N-dealkylation sites (tertiary alicyclic amines) is 1. The van der Waals surface area contributed by atoms with Crippen LogP contribution in [0.1, 0.15) is 85.5 Å². The van der Waals surface area contributed by atoms with Crippen LogP contribution in [0.5, 0.6) is 0 Å². The average Bonchev–Trinajstić information content (AvgIpc) is 3.48. The first kappa shape index (κ1) is 31.5. The van der Waals surface area contributed by atoms with Gasteiger partial charge in [0.15, 0.2) is 6.61 Å². The zero-order valence-electron chi connectivity index (χ0n) is 25.8. The second-order valence-electron chi connectivity index (χ2n) is 14.4. The number of fused-ring (bicyclic) bond motifs is 5. The molecule has 4 N–H and O–H groups in total. The maximum Gasteiger partial charge on any atom is 0.326 e. The summed E-state index contributed by atoms with van der Waals surface area (Å²) in [6.45, 7) is 7.66. The summed E-state index contributed by atoms with van der Waals surface area (Å²) >= 11 is 0. The second kappa shape index (κ2) is 11.6. The molecule has 1 heterocycles. The highest BCUT2D eigenvalue weighted by molar-refractivity contribution is 5.96. The van der Waals surface area contributed by atoms with Gasteiger partial charge in [0.05, 0.1) is 11.8 Å². The molecule has 9 atom stereocenters. The van der Waals surface area contributed by atoms with E-state index in [-0.39, 0.29) is 36.3 Å². The molecule has 236 valence electrons. The number of rotatable bonds is 7. The van der Waals surface area contributed by atoms with Crippen molar-refractivity contribution < 1.29 is 34.5 Å². The number of nitrogens with one attached hydrogen (secondary N) is 1. The van der Waals surface area contributed by atoms with E-state index < -0.39 is 41.6 Å². The molecule has 0 aromatic heterocycles. The number of oxime groups is 1. The molecular formula is C33H47N3O7. The minimum absolute atomic E-state index is 0.0362. The summed E-state index contributed by atoms with van der Waals surface area (Å²) in [5, 5.41) is 37.6. The van der Waals surface area contributed by atoms with Crippen LogP contribution in [-0.2, 0) is 19.2 Å². The lowest BCUT2D eigenvalue weighted by Gasteiger charge is -2.58. The Kier molecular flexibility index (Phi) is 8.47. The molecule has 3 saturated carbocycles. The number of amides is 2. The maximum absolute atomic E-state index is 13.1. The Balaban J connectivity index is 1.19. The quantitative estimate of drug-likeness (QED) is 0.261. The lowest BCUT2D eigenvalue weighted by Crippen LogP contribution is -2.54. The van der Waals surface area contributed by atoms with E-state index in [1.807, 2.05) is 0 Å². The Bertz CT molecular complexity index is 1260. The van der Waals surface area contributed by atoms with Crippen molar-refractivity contribution in [2.75, 3.05) is 13.2 Å². The van der Waals surface area contributed by atoms with Crippen molar-refractivity contribution in [2.24, 2.45) is 39.7 Å². The molecule has 0 aromatic rings. The molecule has 0 spiro atoms. The van der Waals surface area contributed by atoms with E-state index in [9.17, 15) is 29.7 Å². The lowest BCUT2D eigenvalue weighted by molar-refractivity contribution is -0.150. The van der Waals surface area contributed by atoms with E-state index in [0.29, 0.717) is 24.2 Å². The van der Waals surface area contributed by atoms with Gasteiger partial charge in [-0.15, -0.1) is 6.42 Å². The third kappa shape index (κ3) is 5.37. The first-order chi connectivity index (χ1) is 20.2. The number of carboxylic acids is 1. The molecule has 0 radical (unpaired) electrons. The van der Waals surface area contributed by atoms with E-state index in [4.69, 9.17) is 11.3 Å². The highest BCUT2D eigenvalue weighted by atomic mass is 16.6. The molecule has 0 aromatic carbocycles. The van der Waals surface area contributed by atoms with Crippen molar-refractivity contribution in [1.82, 2.24) is 10.2 Å². The van der Waals surface area contributed by atoms with Gasteiger partial charge in [-0.1, -0.05) is 44.3 Å². The first-order valence-corrected chi connectivity index (χ1v) is 15.8. The SMILES string of the molecule is C#C[C@@]1(O)CC[C@H]2[C@@H]3CCC4=C/C(=N/OCC(=O)N[C@@H](C(=O)N5C[C@H](O)C[C@@H]5C(=O)O)C(C)C)CC[C@]4(C)[C@H]3CC[C@@]21C. The summed E-state index contributed by atoms with van der Waals surface area (Å²) in [5.41, 5.74) is 1.03. The predicted molar refractivity (Wildman–Crippen MR) is 159 cm³/mol. The summed E-state index contributed by atoms with van der Waals surface area (Å²) in [4.78, 5) is 44.0. The van der Waals surface area contributed by atoms with Gasteiger partial charge in [0.25, 0.3) is 5.91 Å². The topological polar surface area (TPSA) is 149 Å². The molecule has 1 aliphatic heterocycles. The Morgan fingerprint density at radius 2 is 1.88 bits per heavy atom. The number of nitrogens with zero attached hydrogens (tertiary/aromatic N) is 2. The van der Waals surface area contributed by atoms with Gasteiger partial charge in [-0.05, 0) is 86.5 Å². The molecule has 10 heteroatoms. The van der Waals surface area contributed by atoms with Crippen LogP contribution in [0.15, 0.2) is 16.8 Å². The number of β-amino-alcohol motifs (C(OH)–C–C–N with tert-alkyl or cyclic N) is 1. The summed E-state index contributed by atoms with van der Waals surface area (Å²) in [6, 6.07) is -2.07. The summed E-state index contributed by atoms with van der Waals surface area (Å²) in [6.07, 6.45) is 14.4. The van der Waals surface area contributed by atoms with Crippen molar-refractivity contribution in [2.45, 2.75) is 109 Å². The fraction of sp³-hybridized carbons (Fsp3) is 0.758. The molecule has 43 heavy (non-hydrogen) atoms. The fourth-order valence-corrected chi connectivity index (χ4v) is 9.27. The van der Waals surface area contributed by atoms with Gasteiger partial charge in [0.2, 0.25) is 5.91 Å². The van der Waals surface area contributed by atoms with Gasteiger partial charge in [-0.25, -0.2) is 4.79 Å². The van der Waals surface area contributed by atoms with Gasteiger partial charge in [-0.2, -0.15) is 0 Å². The second-order valence-corrected chi connectivity index (χ2v) is 14.4. The van der Waals surface area contributed by atoms with Crippen molar-refractivity contribution in [3.8, 4) is 12.3 Å². The molecule has 5 rings (SSSR count). The molecule has 0 unspecified atom stereocenters. The van der Waals surface area contributed by atoms with Crippen molar-refractivity contribution in [3.05, 3.63) is 11.6 Å². The largest absolute Gasteiger partial charge is 0.480 e. The summed E-state index contributed by atoms with van der Waals surface area (Å²) < 4.78 is 0. The van der Waals surface area contributed by atoms with Crippen LogP contribution in [0.25, 0.3) is 0 Å². The number of carbonyl (C=O) groups excluding carboxylic acids is 2. The molecule has 5 aliphatic rings. The van der Waals surface area contributed by atoms with Gasteiger partial charge >= 0.3 is 5.97 Å². The maximum atomic E-state index is 13.1. The number of hydrogen-bond acceptors (Lipinski definition) is 7. The Morgan fingerprint density at radius 3 is 2.56 bits per heavy atom. The van der Waals surface area contributed by atoms with E-state index in [0.717, 1.165) is 55.6 Å². The van der Waals surface area contributed by atoms with E-state index in [1.165, 1.54) is 5.57 Å². The number of terminal acetylenes is 1. The number of carbonyl (C=O) groups is 3. The first-order valence-electron chi connectivity index (χ1n) is 15.8. The van der Waals surface area contributed by atoms with Gasteiger partial charge < -0.3 is 30.4 Å². The smallest absolute Gasteiger partial charge is 0.326 e. The highest BCUT2D eigenvalue weighted by Gasteiger charge is 2.63. The number of hydrogen-bond donors (Lipinski definition) is 4. The molecule has 2 amide bonds. The van der Waals surface area contributed by atoms with Crippen LogP contribution in [0, 0.1) is 46.8 Å². The standard InChI is InChI=1S/C33H47N3O7/c1-6-33(42)14-11-25-23-8-7-20-15-21(9-12-31(20,4)24(23)10-13-32(25,33)5)35-43-18-27(38)34-28(19(2)3)29(39)36-17-22(37)16-26(36)30(40)41/h1,15,19,22-26,28,37,42H,7-14,16-18H2,2-5H3,(H,34,38)(H,40,41)/b35-21+/t22-,23-,24+,25+,26-,28-,31+,32+,33-/m1/s1. The van der Waals surface area contributed by atoms with Crippen LogP contribution in [0.4, 0.5) is 0 Å². The third-order valence-electron chi connectivity index (χ3n) is 11.8. The number of aliphatic carboxylic acids is 1. The van der Waals surface area contributed by atoms with Gasteiger partial charge in [-0.3, -0.25) is 9.59 Å². The van der Waals surface area contributed by atoms with E-state index in [1.54, 1.807) is 13.8 Å². The minimum atomic E-state index is -1.18. The molecule has 1 saturated heterocycles. The summed E-state index contributed by atoms with van der Waals surface area (Å²) in [5.74, 6) is 1.75. The number of aliphatic hydroxyl groups excluding tert-OH is 1. The molecule has 0 bridgehead atoms. The van der Waals surface area contributed by atoms with Gasteiger partial charge in [0, 0.05) is 18.4 Å². The molecule has 4 aliphatic carbocycles. The fourth-order valence-electron chi connectivity index (χ4n) is 9.27. The van der Waals surface area contributed by atoms with Crippen LogP contribution >= 0.6 is 0 Å². The van der Waals surface area contributed by atoms with Crippen LogP contribution in [0.2, 0.25) is 0 Å². The van der Waals surface area contributed by atoms with Crippen LogP contribution in [0.3, 0.4) is 0 Å². The molecular weight excluding hydrogens is 550 g/mol. The number of carboxylic acid groups (broad SMARTS) is 1.